The Morgan fingerprint density at radius 3 is 2.69 bits per heavy atom. The van der Waals surface area contributed by atoms with Crippen molar-refractivity contribution in [3.8, 4) is 5.75 Å². The Labute approximate surface area is 154 Å². The second-order valence-electron chi connectivity index (χ2n) is 6.33. The number of nitrogens with two attached hydrogens (primary N) is 1. The first-order chi connectivity index (χ1) is 12.7. The number of methoxy groups -OCH3 is 2. The molecular formula is C19H26N4O3. The molecule has 7 heteroatoms. The summed E-state index contributed by atoms with van der Waals surface area (Å²) in [4.78, 5) is 11.0. The summed E-state index contributed by atoms with van der Waals surface area (Å²) in [6, 6.07) is 10.0. The van der Waals surface area contributed by atoms with Gasteiger partial charge in [0.2, 0.25) is 5.95 Å². The summed E-state index contributed by atoms with van der Waals surface area (Å²) >= 11 is 0. The van der Waals surface area contributed by atoms with Gasteiger partial charge < -0.3 is 24.8 Å². The van der Waals surface area contributed by atoms with Gasteiger partial charge in [0.15, 0.2) is 0 Å². The molecule has 0 bridgehead atoms. The first-order valence-corrected chi connectivity index (χ1v) is 8.78. The molecule has 7 nitrogen and oxygen atoms in total. The molecule has 0 aliphatic carbocycles. The van der Waals surface area contributed by atoms with Crippen molar-refractivity contribution in [2.75, 3.05) is 51.2 Å². The van der Waals surface area contributed by atoms with Crippen LogP contribution in [0.5, 0.6) is 5.75 Å². The van der Waals surface area contributed by atoms with Gasteiger partial charge in [-0.25, -0.2) is 4.98 Å². The number of hydrogen-bond acceptors (Lipinski definition) is 7. The average Bonchev–Trinajstić information content (AvgIpc) is 3.20. The first kappa shape index (κ1) is 18.4. The van der Waals surface area contributed by atoms with Crippen LogP contribution < -0.4 is 15.4 Å². The van der Waals surface area contributed by atoms with Crippen LogP contribution in [0.15, 0.2) is 30.3 Å². The number of ether oxygens (including phenoxy) is 3. The third kappa shape index (κ3) is 4.62. The van der Waals surface area contributed by atoms with Crippen molar-refractivity contribution in [1.82, 2.24) is 9.97 Å². The SMILES string of the molecule is COCCN(Cc1ccc(OC)cc1)c1cc(C2CCOC2)nc(N)n1. The quantitative estimate of drug-likeness (QED) is 0.775. The van der Waals surface area contributed by atoms with Gasteiger partial charge in [0.1, 0.15) is 11.6 Å². The Kier molecular flexibility index (Phi) is 6.25. The molecule has 2 N–H and O–H groups in total. The lowest BCUT2D eigenvalue weighted by molar-refractivity contribution is 0.193. The van der Waals surface area contributed by atoms with Crippen molar-refractivity contribution in [2.45, 2.75) is 18.9 Å². The Morgan fingerprint density at radius 2 is 2.04 bits per heavy atom. The molecule has 2 aromatic rings. The van der Waals surface area contributed by atoms with Crippen molar-refractivity contribution in [3.05, 3.63) is 41.6 Å². The zero-order valence-corrected chi connectivity index (χ0v) is 15.4. The zero-order chi connectivity index (χ0) is 18.4. The fraction of sp³-hybridized carbons (Fsp3) is 0.474. The summed E-state index contributed by atoms with van der Waals surface area (Å²) in [7, 11) is 3.36. The fourth-order valence-electron chi connectivity index (χ4n) is 3.04. The topological polar surface area (TPSA) is 82.7 Å². The smallest absolute Gasteiger partial charge is 0.222 e. The molecule has 1 aromatic carbocycles. The van der Waals surface area contributed by atoms with Gasteiger partial charge in [0.25, 0.3) is 0 Å². The van der Waals surface area contributed by atoms with Crippen LogP contribution in [-0.2, 0) is 16.0 Å². The third-order valence-corrected chi connectivity index (χ3v) is 4.52. The van der Waals surface area contributed by atoms with E-state index in [4.69, 9.17) is 19.9 Å². The molecule has 140 valence electrons. The van der Waals surface area contributed by atoms with Crippen LogP contribution in [0.2, 0.25) is 0 Å². The minimum absolute atomic E-state index is 0.282. The van der Waals surface area contributed by atoms with Gasteiger partial charge in [0.05, 0.1) is 26.0 Å². The van der Waals surface area contributed by atoms with Gasteiger partial charge in [-0.15, -0.1) is 0 Å². The molecule has 3 rings (SSSR count). The molecule has 0 amide bonds. The van der Waals surface area contributed by atoms with E-state index >= 15 is 0 Å². The average molecular weight is 358 g/mol. The van der Waals surface area contributed by atoms with Crippen molar-refractivity contribution in [1.29, 1.82) is 0 Å². The fourth-order valence-corrected chi connectivity index (χ4v) is 3.04. The molecular weight excluding hydrogens is 332 g/mol. The van der Waals surface area contributed by atoms with E-state index < -0.39 is 0 Å². The van der Waals surface area contributed by atoms with Gasteiger partial charge in [-0.2, -0.15) is 4.98 Å². The zero-order valence-electron chi connectivity index (χ0n) is 15.4. The highest BCUT2D eigenvalue weighted by atomic mass is 16.5. The number of anilines is 2. The highest BCUT2D eigenvalue weighted by molar-refractivity contribution is 5.45. The minimum atomic E-state index is 0.282. The van der Waals surface area contributed by atoms with E-state index in [1.54, 1.807) is 14.2 Å². The van der Waals surface area contributed by atoms with Gasteiger partial charge in [0, 0.05) is 38.8 Å². The van der Waals surface area contributed by atoms with Gasteiger partial charge in [-0.3, -0.25) is 0 Å². The van der Waals surface area contributed by atoms with Crippen molar-refractivity contribution >= 4 is 11.8 Å². The highest BCUT2D eigenvalue weighted by Crippen LogP contribution is 2.27. The molecule has 1 atom stereocenters. The number of nitrogen functional groups attached to an aromatic ring is 1. The Bertz CT molecular complexity index is 702. The van der Waals surface area contributed by atoms with Gasteiger partial charge in [-0.05, 0) is 24.1 Å². The summed E-state index contributed by atoms with van der Waals surface area (Å²) < 4.78 is 16.0. The van der Waals surface area contributed by atoms with E-state index in [0.29, 0.717) is 32.3 Å². The summed E-state index contributed by atoms with van der Waals surface area (Å²) in [5.74, 6) is 2.23. The maximum Gasteiger partial charge on any atom is 0.222 e. The number of rotatable bonds is 8. The molecule has 0 radical (unpaired) electrons. The lowest BCUT2D eigenvalue weighted by Gasteiger charge is -2.24. The van der Waals surface area contributed by atoms with Crippen LogP contribution in [0, 0.1) is 0 Å². The van der Waals surface area contributed by atoms with Crippen molar-refractivity contribution < 1.29 is 14.2 Å². The predicted molar refractivity (Wildman–Crippen MR) is 101 cm³/mol. The van der Waals surface area contributed by atoms with Crippen LogP contribution in [0.3, 0.4) is 0 Å². The van der Waals surface area contributed by atoms with E-state index in [2.05, 4.69) is 27.0 Å². The van der Waals surface area contributed by atoms with Gasteiger partial charge in [-0.1, -0.05) is 12.1 Å². The monoisotopic (exact) mass is 358 g/mol. The largest absolute Gasteiger partial charge is 0.497 e. The molecule has 0 spiro atoms. The standard InChI is InChI=1S/C19H26N4O3/c1-24-10-8-23(12-14-3-5-16(25-2)6-4-14)18-11-17(21-19(20)22-18)15-7-9-26-13-15/h3-6,11,15H,7-10,12-13H2,1-2H3,(H2,20,21,22). The summed E-state index contributed by atoms with van der Waals surface area (Å²) in [5.41, 5.74) is 8.09. The number of nitrogens with zero attached hydrogens (tertiary/aromatic N) is 3. The second kappa shape index (κ2) is 8.82. The molecule has 26 heavy (non-hydrogen) atoms. The van der Waals surface area contributed by atoms with Crippen LogP contribution in [0.4, 0.5) is 11.8 Å². The maximum atomic E-state index is 5.99. The molecule has 1 aliphatic rings. The van der Waals surface area contributed by atoms with E-state index in [-0.39, 0.29) is 5.92 Å². The number of hydrogen-bond donors (Lipinski definition) is 1. The third-order valence-electron chi connectivity index (χ3n) is 4.52. The Balaban J connectivity index is 1.83. The molecule has 1 aromatic heterocycles. The summed E-state index contributed by atoms with van der Waals surface area (Å²) in [6.07, 6.45) is 0.965. The molecule has 1 unspecified atom stereocenters. The highest BCUT2D eigenvalue weighted by Gasteiger charge is 2.21. The molecule has 0 saturated carbocycles. The first-order valence-electron chi connectivity index (χ1n) is 8.78. The lowest BCUT2D eigenvalue weighted by Crippen LogP contribution is -2.28. The summed E-state index contributed by atoms with van der Waals surface area (Å²) in [6.45, 7) is 3.46. The maximum absolute atomic E-state index is 5.99. The number of benzene rings is 1. The Morgan fingerprint density at radius 1 is 1.23 bits per heavy atom. The van der Waals surface area contributed by atoms with E-state index in [1.807, 2.05) is 18.2 Å². The second-order valence-corrected chi connectivity index (χ2v) is 6.33. The minimum Gasteiger partial charge on any atom is -0.497 e. The number of aromatic nitrogens is 2. The molecule has 1 aliphatic heterocycles. The molecule has 1 saturated heterocycles. The predicted octanol–water partition coefficient (Wildman–Crippen LogP) is 2.22. The van der Waals surface area contributed by atoms with Crippen LogP contribution in [-0.4, -0.2) is 50.6 Å². The lowest BCUT2D eigenvalue weighted by atomic mass is 10.0. The van der Waals surface area contributed by atoms with Crippen LogP contribution in [0.1, 0.15) is 23.6 Å². The van der Waals surface area contributed by atoms with E-state index in [9.17, 15) is 0 Å². The summed E-state index contributed by atoms with van der Waals surface area (Å²) in [5, 5.41) is 0. The van der Waals surface area contributed by atoms with E-state index in [1.165, 1.54) is 0 Å². The van der Waals surface area contributed by atoms with Crippen molar-refractivity contribution in [3.63, 3.8) is 0 Å². The van der Waals surface area contributed by atoms with Crippen LogP contribution in [0.25, 0.3) is 0 Å². The van der Waals surface area contributed by atoms with Crippen molar-refractivity contribution in [2.24, 2.45) is 0 Å². The molecule has 2 heterocycles. The van der Waals surface area contributed by atoms with E-state index in [0.717, 1.165) is 35.9 Å². The molecule has 1 fully saturated rings. The van der Waals surface area contributed by atoms with Gasteiger partial charge >= 0.3 is 0 Å². The normalized spacial score (nSPS) is 16.6. The van der Waals surface area contributed by atoms with Crippen LogP contribution >= 0.6 is 0 Å². The Hall–Kier alpha value is -2.38.